The number of ether oxygens (including phenoxy) is 4. The van der Waals surface area contributed by atoms with Crippen LogP contribution in [-0.4, -0.2) is 38.3 Å². The minimum Gasteiger partial charge on any atom is -0.493 e. The summed E-state index contributed by atoms with van der Waals surface area (Å²) >= 11 is 0. The van der Waals surface area contributed by atoms with Crippen LogP contribution in [0.15, 0.2) is 89.1 Å². The Kier molecular flexibility index (Phi) is 9.60. The first-order valence-corrected chi connectivity index (χ1v) is 14.9. The zero-order valence-corrected chi connectivity index (χ0v) is 25.3. The average Bonchev–Trinajstić information content (AvgIpc) is 3.03. The molecule has 0 saturated heterocycles. The van der Waals surface area contributed by atoms with Gasteiger partial charge in [0.1, 0.15) is 18.3 Å². The van der Waals surface area contributed by atoms with E-state index >= 15 is 0 Å². The first-order chi connectivity index (χ1) is 20.9. The second-order valence-corrected chi connectivity index (χ2v) is 11.0. The van der Waals surface area contributed by atoms with Crippen molar-refractivity contribution in [2.75, 3.05) is 20.8 Å². The molecule has 0 spiro atoms. The third-order valence-corrected chi connectivity index (χ3v) is 8.25. The zero-order valence-electron chi connectivity index (χ0n) is 25.3. The summed E-state index contributed by atoms with van der Waals surface area (Å²) in [5.41, 5.74) is 4.74. The summed E-state index contributed by atoms with van der Waals surface area (Å²) in [7, 11) is 3.20. The van der Waals surface area contributed by atoms with Crippen molar-refractivity contribution in [1.82, 2.24) is 0 Å². The lowest BCUT2D eigenvalue weighted by molar-refractivity contribution is -0.146. The maximum atomic E-state index is 14.1. The van der Waals surface area contributed by atoms with E-state index in [4.69, 9.17) is 23.9 Å². The normalized spacial score (nSPS) is 19.8. The highest BCUT2D eigenvalue weighted by atomic mass is 16.5. The van der Waals surface area contributed by atoms with E-state index in [0.717, 1.165) is 29.5 Å². The maximum Gasteiger partial charge on any atom is 0.315 e. The van der Waals surface area contributed by atoms with Gasteiger partial charge in [0.05, 0.1) is 20.8 Å². The van der Waals surface area contributed by atoms with Gasteiger partial charge < -0.3 is 18.9 Å². The van der Waals surface area contributed by atoms with E-state index in [-0.39, 0.29) is 17.7 Å². The summed E-state index contributed by atoms with van der Waals surface area (Å²) in [5, 5.41) is 0. The first kappa shape index (κ1) is 30.1. The van der Waals surface area contributed by atoms with Crippen molar-refractivity contribution in [1.29, 1.82) is 0 Å². The molecule has 43 heavy (non-hydrogen) atoms. The van der Waals surface area contributed by atoms with Crippen LogP contribution in [0, 0.1) is 5.92 Å². The number of aliphatic imine (C=N–C) groups is 1. The molecule has 0 aromatic heterocycles. The Morgan fingerprint density at radius 2 is 1.65 bits per heavy atom. The number of rotatable bonds is 11. The molecular weight excluding hydrogens is 542 g/mol. The quantitative estimate of drug-likeness (QED) is 0.176. The SMILES string of the molecule is CCCCOC(=O)C1C(C)=NC2=C(C(=O)C[C@H](c3ccc(OC)c(OC)c3)C2)[C@H]1c1ccccc1OCc1ccccc1. The molecule has 7 nitrogen and oxygen atoms in total. The van der Waals surface area contributed by atoms with Crippen molar-refractivity contribution in [2.24, 2.45) is 10.9 Å². The van der Waals surface area contributed by atoms with E-state index in [1.807, 2.05) is 79.7 Å². The van der Waals surface area contributed by atoms with Crippen molar-refractivity contribution in [3.8, 4) is 17.2 Å². The first-order valence-electron chi connectivity index (χ1n) is 14.9. The van der Waals surface area contributed by atoms with Crippen LogP contribution in [0.2, 0.25) is 0 Å². The second-order valence-electron chi connectivity index (χ2n) is 11.0. The molecule has 3 atom stereocenters. The lowest BCUT2D eigenvalue weighted by Crippen LogP contribution is -2.38. The van der Waals surface area contributed by atoms with Crippen LogP contribution in [0.5, 0.6) is 17.2 Å². The van der Waals surface area contributed by atoms with E-state index in [1.165, 1.54) is 0 Å². The summed E-state index contributed by atoms with van der Waals surface area (Å²) in [5.74, 6) is 0.140. The fraction of sp³-hybridized carbons (Fsp3) is 0.361. The van der Waals surface area contributed by atoms with Gasteiger partial charge in [-0.2, -0.15) is 0 Å². The lowest BCUT2D eigenvalue weighted by atomic mass is 9.69. The van der Waals surface area contributed by atoms with Crippen LogP contribution < -0.4 is 14.2 Å². The highest BCUT2D eigenvalue weighted by Gasteiger charge is 2.45. The molecule has 1 unspecified atom stereocenters. The number of nitrogens with zero attached hydrogens (tertiary/aromatic N) is 1. The number of benzene rings is 3. The molecule has 0 fully saturated rings. The van der Waals surface area contributed by atoms with Crippen LogP contribution in [0.1, 0.15) is 68.1 Å². The molecular formula is C36H39NO6. The van der Waals surface area contributed by atoms with Gasteiger partial charge in [-0.05, 0) is 55.0 Å². The molecule has 0 amide bonds. The largest absolute Gasteiger partial charge is 0.493 e. The number of unbranched alkanes of at least 4 members (excludes halogenated alkanes) is 1. The third kappa shape index (κ3) is 6.51. The minimum atomic E-state index is -0.723. The molecule has 0 radical (unpaired) electrons. The van der Waals surface area contributed by atoms with Gasteiger partial charge in [0.25, 0.3) is 0 Å². The Bertz CT molecular complexity index is 1530. The zero-order chi connectivity index (χ0) is 30.3. The van der Waals surface area contributed by atoms with Crippen LogP contribution >= 0.6 is 0 Å². The number of carbonyl (C=O) groups excluding carboxylic acids is 2. The number of hydrogen-bond acceptors (Lipinski definition) is 7. The minimum absolute atomic E-state index is 0.0218. The summed E-state index contributed by atoms with van der Waals surface area (Å²) in [6.07, 6.45) is 2.55. The molecule has 7 heteroatoms. The summed E-state index contributed by atoms with van der Waals surface area (Å²) in [6, 6.07) is 23.4. The molecule has 1 aliphatic heterocycles. The fourth-order valence-corrected chi connectivity index (χ4v) is 6.05. The van der Waals surface area contributed by atoms with Crippen LogP contribution in [0.3, 0.4) is 0 Å². The number of para-hydroxylation sites is 1. The van der Waals surface area contributed by atoms with E-state index < -0.39 is 11.8 Å². The molecule has 0 bridgehead atoms. The summed E-state index contributed by atoms with van der Waals surface area (Å²) < 4.78 is 23.0. The lowest BCUT2D eigenvalue weighted by Gasteiger charge is -2.37. The molecule has 5 rings (SSSR count). The number of Topliss-reactive ketones (excluding diaryl/α,β-unsaturated/α-hetero) is 1. The van der Waals surface area contributed by atoms with Crippen LogP contribution in [0.4, 0.5) is 0 Å². The Balaban J connectivity index is 1.54. The molecule has 0 saturated carbocycles. The molecule has 224 valence electrons. The van der Waals surface area contributed by atoms with Gasteiger partial charge in [-0.25, -0.2) is 0 Å². The second kappa shape index (κ2) is 13.7. The molecule has 1 aliphatic carbocycles. The number of carbonyl (C=O) groups is 2. The van der Waals surface area contributed by atoms with Gasteiger partial charge in [-0.3, -0.25) is 14.6 Å². The fourth-order valence-electron chi connectivity index (χ4n) is 6.05. The van der Waals surface area contributed by atoms with E-state index in [2.05, 4.69) is 6.92 Å². The number of ketones is 1. The third-order valence-electron chi connectivity index (χ3n) is 8.25. The molecule has 3 aromatic carbocycles. The van der Waals surface area contributed by atoms with Crippen LogP contribution in [-0.2, 0) is 20.9 Å². The number of methoxy groups -OCH3 is 2. The highest BCUT2D eigenvalue weighted by Crippen LogP contribution is 2.49. The topological polar surface area (TPSA) is 83.4 Å². The molecule has 3 aromatic rings. The molecule has 0 N–H and O–H groups in total. The van der Waals surface area contributed by atoms with Gasteiger partial charge in [0.2, 0.25) is 0 Å². The van der Waals surface area contributed by atoms with Gasteiger partial charge in [0.15, 0.2) is 17.3 Å². The van der Waals surface area contributed by atoms with Gasteiger partial charge in [-0.1, -0.05) is 67.9 Å². The molecule has 2 aliphatic rings. The maximum absolute atomic E-state index is 14.1. The number of allylic oxidation sites excluding steroid dienone is 2. The van der Waals surface area contributed by atoms with E-state index in [9.17, 15) is 9.59 Å². The van der Waals surface area contributed by atoms with Crippen molar-refractivity contribution in [3.63, 3.8) is 0 Å². The van der Waals surface area contributed by atoms with Crippen molar-refractivity contribution in [2.45, 2.75) is 58.0 Å². The van der Waals surface area contributed by atoms with E-state index in [0.29, 0.717) is 60.3 Å². The summed E-state index contributed by atoms with van der Waals surface area (Å²) in [6.45, 7) is 4.61. The average molecular weight is 582 g/mol. The monoisotopic (exact) mass is 581 g/mol. The summed E-state index contributed by atoms with van der Waals surface area (Å²) in [4.78, 5) is 32.7. The van der Waals surface area contributed by atoms with Crippen LogP contribution in [0.25, 0.3) is 0 Å². The standard InChI is InChI=1S/C36H39NO6/c1-5-6-18-42-36(39)33-23(2)37-28-19-26(25-16-17-31(40-3)32(21-25)41-4)20-29(38)35(28)34(33)27-14-10-11-15-30(27)43-22-24-12-8-7-9-13-24/h7-17,21,26,33-34H,5-6,18-20,22H2,1-4H3/t26-,33?,34+/m1/s1. The molecule has 1 heterocycles. The van der Waals surface area contributed by atoms with Gasteiger partial charge in [-0.15, -0.1) is 0 Å². The van der Waals surface area contributed by atoms with Crippen molar-refractivity contribution in [3.05, 3.63) is 101 Å². The van der Waals surface area contributed by atoms with Crippen molar-refractivity contribution < 1.29 is 28.5 Å². The smallest absolute Gasteiger partial charge is 0.315 e. The number of hydrogen-bond donors (Lipinski definition) is 0. The van der Waals surface area contributed by atoms with Crippen molar-refractivity contribution >= 4 is 17.5 Å². The Morgan fingerprint density at radius 1 is 0.907 bits per heavy atom. The van der Waals surface area contributed by atoms with E-state index in [1.54, 1.807) is 14.2 Å². The highest BCUT2D eigenvalue weighted by molar-refractivity contribution is 6.09. The number of esters is 1. The predicted octanol–water partition coefficient (Wildman–Crippen LogP) is 7.20. The Morgan fingerprint density at radius 3 is 2.40 bits per heavy atom. The Hall–Kier alpha value is -4.39. The Labute approximate surface area is 253 Å². The van der Waals surface area contributed by atoms with Gasteiger partial charge >= 0.3 is 5.97 Å². The predicted molar refractivity (Wildman–Crippen MR) is 166 cm³/mol. The van der Waals surface area contributed by atoms with Gasteiger partial charge in [0, 0.05) is 34.9 Å².